The second kappa shape index (κ2) is 7.86. The number of aliphatic hydroxyl groups excluding tert-OH is 1. The zero-order chi connectivity index (χ0) is 18.4. The molecule has 0 atom stereocenters. The molecule has 3 N–H and O–H groups in total. The first kappa shape index (κ1) is 18.8. The lowest BCUT2D eigenvalue weighted by atomic mass is 10.1. The molecular formula is C15H17N3O6. The molecule has 0 aliphatic rings. The van der Waals surface area contributed by atoms with Gasteiger partial charge >= 0.3 is 5.97 Å². The molecule has 0 aromatic heterocycles. The molecule has 24 heavy (non-hydrogen) atoms. The van der Waals surface area contributed by atoms with E-state index in [0.29, 0.717) is 0 Å². The van der Waals surface area contributed by atoms with Crippen LogP contribution in [0.5, 0.6) is 0 Å². The molecule has 0 aliphatic carbocycles. The van der Waals surface area contributed by atoms with E-state index in [9.17, 15) is 24.8 Å². The Morgan fingerprint density at radius 3 is 2.46 bits per heavy atom. The fourth-order valence-corrected chi connectivity index (χ4v) is 1.99. The molecule has 1 rings (SSSR count). The summed E-state index contributed by atoms with van der Waals surface area (Å²) in [5, 5.41) is 30.8. The Kier molecular flexibility index (Phi) is 6.16. The fourth-order valence-electron chi connectivity index (χ4n) is 1.99. The molecule has 0 heterocycles. The van der Waals surface area contributed by atoms with Crippen LogP contribution in [0.2, 0.25) is 0 Å². The molecular weight excluding hydrogens is 318 g/mol. The van der Waals surface area contributed by atoms with Crippen molar-refractivity contribution in [1.82, 2.24) is 0 Å². The van der Waals surface area contributed by atoms with E-state index < -0.39 is 29.0 Å². The van der Waals surface area contributed by atoms with Crippen molar-refractivity contribution in [3.8, 4) is 0 Å². The lowest BCUT2D eigenvalue weighted by Gasteiger charge is -2.09. The minimum absolute atomic E-state index is 0.0792. The highest BCUT2D eigenvalue weighted by Crippen LogP contribution is 2.25. The number of nitro benzene ring substituents is 1. The lowest BCUT2D eigenvalue weighted by molar-refractivity contribution is -0.384. The van der Waals surface area contributed by atoms with Gasteiger partial charge in [-0.1, -0.05) is 0 Å². The van der Waals surface area contributed by atoms with E-state index in [4.69, 9.17) is 10.1 Å². The summed E-state index contributed by atoms with van der Waals surface area (Å²) in [6.07, 6.45) is 0. The standard InChI is InChI=1S/C15H17N3O6/c1-8(16)14(9(2)19)13(20)7-24-15(21)10-4-5-11(17-3)12(6-10)18(22)23/h4-6,16-17,20H,7H2,1-3H3/b14-13-,16-8?. The van der Waals surface area contributed by atoms with Gasteiger partial charge in [0.25, 0.3) is 5.69 Å². The number of esters is 1. The smallest absolute Gasteiger partial charge is 0.338 e. The predicted molar refractivity (Wildman–Crippen MR) is 86.7 cm³/mol. The number of benzene rings is 1. The van der Waals surface area contributed by atoms with Gasteiger partial charge in [0.2, 0.25) is 0 Å². The van der Waals surface area contributed by atoms with Crippen LogP contribution >= 0.6 is 0 Å². The normalized spacial score (nSPS) is 11.3. The summed E-state index contributed by atoms with van der Waals surface area (Å²) in [6, 6.07) is 3.73. The van der Waals surface area contributed by atoms with Gasteiger partial charge in [0.1, 0.15) is 18.1 Å². The molecule has 1 aromatic rings. The van der Waals surface area contributed by atoms with E-state index in [2.05, 4.69) is 5.32 Å². The monoisotopic (exact) mass is 335 g/mol. The highest BCUT2D eigenvalue weighted by molar-refractivity contribution is 6.19. The molecule has 0 unspecified atom stereocenters. The van der Waals surface area contributed by atoms with Crippen molar-refractivity contribution in [2.45, 2.75) is 13.8 Å². The number of Topliss-reactive ketones (excluding diaryl/α,β-unsaturated/α-hetero) is 1. The number of hydrogen-bond acceptors (Lipinski definition) is 8. The first-order valence-electron chi connectivity index (χ1n) is 6.80. The third kappa shape index (κ3) is 4.38. The van der Waals surface area contributed by atoms with Crippen LogP contribution in [-0.4, -0.2) is 41.1 Å². The number of ether oxygens (including phenoxy) is 1. The second-order valence-electron chi connectivity index (χ2n) is 4.82. The van der Waals surface area contributed by atoms with Crippen molar-refractivity contribution in [2.24, 2.45) is 0 Å². The minimum atomic E-state index is -0.905. The van der Waals surface area contributed by atoms with Crippen molar-refractivity contribution in [3.63, 3.8) is 0 Å². The molecule has 0 spiro atoms. The number of aliphatic hydroxyl groups is 1. The van der Waals surface area contributed by atoms with Gasteiger partial charge in [0.05, 0.1) is 16.1 Å². The Labute approximate surface area is 137 Å². The van der Waals surface area contributed by atoms with Gasteiger partial charge in [-0.15, -0.1) is 0 Å². The van der Waals surface area contributed by atoms with E-state index >= 15 is 0 Å². The number of nitrogens with one attached hydrogen (secondary N) is 2. The maximum Gasteiger partial charge on any atom is 0.338 e. The summed E-state index contributed by atoms with van der Waals surface area (Å²) < 4.78 is 4.84. The molecule has 0 fully saturated rings. The van der Waals surface area contributed by atoms with Crippen LogP contribution in [0.1, 0.15) is 24.2 Å². The molecule has 9 heteroatoms. The first-order valence-corrected chi connectivity index (χ1v) is 6.80. The molecule has 0 saturated heterocycles. The maximum atomic E-state index is 11.9. The number of nitro groups is 1. The van der Waals surface area contributed by atoms with E-state index in [1.807, 2.05) is 0 Å². The SMILES string of the molecule is CNc1ccc(C(=O)OC/C(O)=C(\C(C)=N)C(C)=O)cc1[N+](=O)[O-]. The van der Waals surface area contributed by atoms with Crippen molar-refractivity contribution >= 4 is 28.8 Å². The Morgan fingerprint density at radius 1 is 1.38 bits per heavy atom. The topological polar surface area (TPSA) is 143 Å². The molecule has 128 valence electrons. The summed E-state index contributed by atoms with van der Waals surface area (Å²) in [7, 11) is 1.51. The number of anilines is 1. The first-order chi connectivity index (χ1) is 11.2. The van der Waals surface area contributed by atoms with Gasteiger partial charge in [-0.3, -0.25) is 14.9 Å². The number of rotatable bonds is 7. The molecule has 9 nitrogen and oxygen atoms in total. The van der Waals surface area contributed by atoms with Gasteiger partial charge in [0, 0.05) is 18.8 Å². The molecule has 0 saturated carbocycles. The van der Waals surface area contributed by atoms with Gasteiger partial charge in [-0.2, -0.15) is 0 Å². The number of nitrogens with zero attached hydrogens (tertiary/aromatic N) is 1. The summed E-state index contributed by atoms with van der Waals surface area (Å²) in [4.78, 5) is 33.6. The Balaban J connectivity index is 2.99. The van der Waals surface area contributed by atoms with E-state index in [-0.39, 0.29) is 28.2 Å². The highest BCUT2D eigenvalue weighted by atomic mass is 16.6. The zero-order valence-corrected chi connectivity index (χ0v) is 13.4. The second-order valence-corrected chi connectivity index (χ2v) is 4.82. The Hall–Kier alpha value is -3.23. The minimum Gasteiger partial charge on any atom is -0.508 e. The Morgan fingerprint density at radius 2 is 2.00 bits per heavy atom. The number of carbonyl (C=O) groups excluding carboxylic acids is 2. The highest BCUT2D eigenvalue weighted by Gasteiger charge is 2.19. The van der Waals surface area contributed by atoms with Crippen molar-refractivity contribution < 1.29 is 24.4 Å². The molecule has 0 amide bonds. The van der Waals surface area contributed by atoms with Crippen molar-refractivity contribution in [2.75, 3.05) is 19.0 Å². The van der Waals surface area contributed by atoms with E-state index in [0.717, 1.165) is 6.07 Å². The number of carbonyl (C=O) groups is 2. The van der Waals surface area contributed by atoms with Crippen LogP contribution in [0.3, 0.4) is 0 Å². The van der Waals surface area contributed by atoms with Crippen LogP contribution in [0.25, 0.3) is 0 Å². The molecule has 0 aliphatic heterocycles. The fraction of sp³-hybridized carbons (Fsp3) is 0.267. The maximum absolute atomic E-state index is 11.9. The average molecular weight is 335 g/mol. The summed E-state index contributed by atoms with van der Waals surface area (Å²) in [5.74, 6) is -1.99. The summed E-state index contributed by atoms with van der Waals surface area (Å²) in [6.45, 7) is 1.87. The van der Waals surface area contributed by atoms with Crippen LogP contribution in [-0.2, 0) is 9.53 Å². The number of allylic oxidation sites excluding steroid dienone is 1. The largest absolute Gasteiger partial charge is 0.508 e. The predicted octanol–water partition coefficient (Wildman–Crippen LogP) is 2.23. The van der Waals surface area contributed by atoms with Gasteiger partial charge in [-0.25, -0.2) is 4.79 Å². The quantitative estimate of drug-likeness (QED) is 0.173. The molecule has 0 radical (unpaired) electrons. The third-order valence-corrected chi connectivity index (χ3v) is 3.06. The molecule has 1 aromatic carbocycles. The van der Waals surface area contributed by atoms with Crippen LogP contribution in [0.15, 0.2) is 29.5 Å². The zero-order valence-electron chi connectivity index (χ0n) is 13.4. The van der Waals surface area contributed by atoms with Gasteiger partial charge in [-0.05, 0) is 26.0 Å². The van der Waals surface area contributed by atoms with Gasteiger partial charge < -0.3 is 20.6 Å². The van der Waals surface area contributed by atoms with Crippen molar-refractivity contribution in [3.05, 3.63) is 45.2 Å². The summed E-state index contributed by atoms with van der Waals surface area (Å²) >= 11 is 0. The Bertz CT molecular complexity index is 723. The van der Waals surface area contributed by atoms with Crippen LogP contribution < -0.4 is 5.32 Å². The number of hydrogen-bond donors (Lipinski definition) is 3. The van der Waals surface area contributed by atoms with Crippen molar-refractivity contribution in [1.29, 1.82) is 5.41 Å². The average Bonchev–Trinajstić information content (AvgIpc) is 2.51. The third-order valence-electron chi connectivity index (χ3n) is 3.06. The lowest BCUT2D eigenvalue weighted by Crippen LogP contribution is -2.15. The number of ketones is 1. The van der Waals surface area contributed by atoms with Gasteiger partial charge in [0.15, 0.2) is 5.78 Å². The summed E-state index contributed by atoms with van der Waals surface area (Å²) in [5.41, 5.74) is -0.544. The van der Waals surface area contributed by atoms with E-state index in [1.165, 1.54) is 33.0 Å². The van der Waals surface area contributed by atoms with Crippen LogP contribution in [0.4, 0.5) is 11.4 Å². The van der Waals surface area contributed by atoms with Crippen LogP contribution in [0, 0.1) is 15.5 Å². The molecule has 0 bridgehead atoms. The van der Waals surface area contributed by atoms with E-state index in [1.54, 1.807) is 0 Å².